The van der Waals surface area contributed by atoms with E-state index < -0.39 is 5.82 Å². The molecule has 1 heterocycles. The quantitative estimate of drug-likeness (QED) is 0.259. The van der Waals surface area contributed by atoms with Crippen LogP contribution in [0.4, 0.5) is 4.39 Å². The van der Waals surface area contributed by atoms with Crippen LogP contribution in [-0.4, -0.2) is 24.0 Å². The van der Waals surface area contributed by atoms with E-state index in [4.69, 9.17) is 21.1 Å². The van der Waals surface area contributed by atoms with E-state index in [1.54, 1.807) is 24.4 Å². The predicted molar refractivity (Wildman–Crippen MR) is 119 cm³/mol. The van der Waals surface area contributed by atoms with Crippen LogP contribution in [0.2, 0.25) is 5.02 Å². The Morgan fingerprint density at radius 2 is 1.84 bits per heavy atom. The molecule has 4 aromatic rings. The summed E-state index contributed by atoms with van der Waals surface area (Å²) in [6.07, 6.45) is 1.76. The van der Waals surface area contributed by atoms with Crippen molar-refractivity contribution in [3.63, 3.8) is 0 Å². The van der Waals surface area contributed by atoms with Gasteiger partial charge in [-0.2, -0.15) is 0 Å². The summed E-state index contributed by atoms with van der Waals surface area (Å²) in [5, 5.41) is 1.39. The van der Waals surface area contributed by atoms with E-state index >= 15 is 0 Å². The number of aromatic nitrogens is 1. The average Bonchev–Trinajstić information content (AvgIpc) is 3.19. The van der Waals surface area contributed by atoms with Crippen molar-refractivity contribution in [1.82, 2.24) is 4.98 Å². The number of carbonyl (C=O) groups is 1. The molecule has 0 saturated heterocycles. The fourth-order valence-corrected chi connectivity index (χ4v) is 3.55. The van der Waals surface area contributed by atoms with E-state index in [0.29, 0.717) is 35.1 Å². The third kappa shape index (κ3) is 5.32. The standard InChI is InChI=1S/C25H21ClFNO3/c26-19-7-9-21-22(15-28-23(21)13-19)24(29)12-18-6-8-20(27)14-25(18)31-11-10-30-16-17-4-2-1-3-5-17/h1-9,13-15,28H,10-12,16H2. The monoisotopic (exact) mass is 437 g/mol. The summed E-state index contributed by atoms with van der Waals surface area (Å²) >= 11 is 6.01. The maximum Gasteiger partial charge on any atom is 0.169 e. The van der Waals surface area contributed by atoms with E-state index in [9.17, 15) is 9.18 Å². The molecule has 0 unspecified atom stereocenters. The Labute approximate surface area is 184 Å². The number of halogens is 2. The second-order valence-electron chi connectivity index (χ2n) is 7.13. The number of aromatic amines is 1. The summed E-state index contributed by atoms with van der Waals surface area (Å²) in [6.45, 7) is 1.08. The van der Waals surface area contributed by atoms with Gasteiger partial charge in [-0.1, -0.05) is 54.1 Å². The van der Waals surface area contributed by atoms with Crippen LogP contribution in [0.5, 0.6) is 5.75 Å². The smallest absolute Gasteiger partial charge is 0.169 e. The van der Waals surface area contributed by atoms with Crippen LogP contribution in [0.3, 0.4) is 0 Å². The lowest BCUT2D eigenvalue weighted by Crippen LogP contribution is -2.10. The van der Waals surface area contributed by atoms with Gasteiger partial charge in [-0.3, -0.25) is 4.79 Å². The first-order valence-corrected chi connectivity index (χ1v) is 10.3. The Balaban J connectivity index is 1.39. The minimum absolute atomic E-state index is 0.0923. The molecule has 0 saturated carbocycles. The van der Waals surface area contributed by atoms with Crippen molar-refractivity contribution in [3.8, 4) is 5.75 Å². The van der Waals surface area contributed by atoms with Gasteiger partial charge in [-0.05, 0) is 23.8 Å². The lowest BCUT2D eigenvalue weighted by atomic mass is 10.0. The summed E-state index contributed by atoms with van der Waals surface area (Å²) in [5.41, 5.74) is 3.05. The fourth-order valence-electron chi connectivity index (χ4n) is 3.38. The zero-order valence-electron chi connectivity index (χ0n) is 16.7. The zero-order valence-corrected chi connectivity index (χ0v) is 17.5. The van der Waals surface area contributed by atoms with Crippen LogP contribution >= 0.6 is 11.6 Å². The first-order chi connectivity index (χ1) is 15.1. The lowest BCUT2D eigenvalue weighted by molar-refractivity contribution is 0.0882. The zero-order chi connectivity index (χ0) is 21.6. The van der Waals surface area contributed by atoms with Crippen LogP contribution in [0.15, 0.2) is 72.9 Å². The number of Topliss-reactive ketones (excluding diaryl/α,β-unsaturated/α-hetero) is 1. The SMILES string of the molecule is O=C(Cc1ccc(F)cc1OCCOCc1ccccc1)c1c[nH]c2cc(Cl)ccc12. The van der Waals surface area contributed by atoms with Crippen molar-refractivity contribution in [2.75, 3.05) is 13.2 Å². The van der Waals surface area contributed by atoms with Gasteiger partial charge in [0.1, 0.15) is 18.2 Å². The van der Waals surface area contributed by atoms with E-state index in [2.05, 4.69) is 4.98 Å². The molecule has 1 aromatic heterocycles. The Morgan fingerprint density at radius 1 is 1.00 bits per heavy atom. The molecule has 0 fully saturated rings. The van der Waals surface area contributed by atoms with Crippen LogP contribution in [-0.2, 0) is 17.8 Å². The molecule has 0 atom stereocenters. The molecular formula is C25H21ClFNO3. The largest absolute Gasteiger partial charge is 0.491 e. The summed E-state index contributed by atoms with van der Waals surface area (Å²) in [4.78, 5) is 16.0. The molecule has 0 aliphatic carbocycles. The molecule has 0 aliphatic heterocycles. The van der Waals surface area contributed by atoms with E-state index in [-0.39, 0.29) is 18.8 Å². The number of H-pyrrole nitrogens is 1. The topological polar surface area (TPSA) is 51.3 Å². The summed E-state index contributed by atoms with van der Waals surface area (Å²) < 4.78 is 25.1. The van der Waals surface area contributed by atoms with Gasteiger partial charge in [-0.25, -0.2) is 4.39 Å². The number of rotatable bonds is 9. The van der Waals surface area contributed by atoms with Gasteiger partial charge in [0.15, 0.2) is 5.78 Å². The first-order valence-electron chi connectivity index (χ1n) is 9.93. The van der Waals surface area contributed by atoms with Crippen LogP contribution < -0.4 is 4.74 Å². The van der Waals surface area contributed by atoms with Gasteiger partial charge in [-0.15, -0.1) is 0 Å². The second-order valence-corrected chi connectivity index (χ2v) is 7.57. The van der Waals surface area contributed by atoms with Crippen molar-refractivity contribution >= 4 is 28.3 Å². The number of hydrogen-bond acceptors (Lipinski definition) is 3. The van der Waals surface area contributed by atoms with Gasteiger partial charge in [0.25, 0.3) is 0 Å². The predicted octanol–water partition coefficient (Wildman–Crippen LogP) is 5.98. The molecular weight excluding hydrogens is 417 g/mol. The minimum atomic E-state index is -0.418. The highest BCUT2D eigenvalue weighted by Crippen LogP contribution is 2.26. The average molecular weight is 438 g/mol. The van der Waals surface area contributed by atoms with Crippen molar-refractivity contribution in [2.24, 2.45) is 0 Å². The molecule has 31 heavy (non-hydrogen) atoms. The number of carbonyl (C=O) groups excluding carboxylic acids is 1. The summed E-state index contributed by atoms with van der Waals surface area (Å²) in [6, 6.07) is 19.4. The Morgan fingerprint density at radius 3 is 2.68 bits per heavy atom. The fraction of sp³-hybridized carbons (Fsp3) is 0.160. The summed E-state index contributed by atoms with van der Waals surface area (Å²) in [7, 11) is 0. The molecule has 6 heteroatoms. The number of nitrogens with one attached hydrogen (secondary N) is 1. The Bertz CT molecular complexity index is 1190. The lowest BCUT2D eigenvalue weighted by Gasteiger charge is -2.12. The normalized spacial score (nSPS) is 11.0. The molecule has 0 amide bonds. The molecule has 0 bridgehead atoms. The van der Waals surface area contributed by atoms with Crippen molar-refractivity contribution in [1.29, 1.82) is 0 Å². The highest BCUT2D eigenvalue weighted by atomic mass is 35.5. The molecule has 4 rings (SSSR count). The van der Waals surface area contributed by atoms with Gasteiger partial charge < -0.3 is 14.5 Å². The molecule has 0 aliphatic rings. The summed E-state index contributed by atoms with van der Waals surface area (Å²) in [5.74, 6) is -0.164. The molecule has 1 N–H and O–H groups in total. The maximum atomic E-state index is 13.8. The molecule has 158 valence electrons. The van der Waals surface area contributed by atoms with Gasteiger partial charge in [0.2, 0.25) is 0 Å². The van der Waals surface area contributed by atoms with Gasteiger partial charge in [0, 0.05) is 45.7 Å². The number of ether oxygens (including phenoxy) is 2. The molecule has 0 spiro atoms. The molecule has 3 aromatic carbocycles. The van der Waals surface area contributed by atoms with Crippen molar-refractivity contribution < 1.29 is 18.7 Å². The van der Waals surface area contributed by atoms with Gasteiger partial charge >= 0.3 is 0 Å². The van der Waals surface area contributed by atoms with Gasteiger partial charge in [0.05, 0.1) is 13.2 Å². The number of fused-ring (bicyclic) bond motifs is 1. The second kappa shape index (κ2) is 9.77. The Hall–Kier alpha value is -3.15. The van der Waals surface area contributed by atoms with E-state index in [0.717, 1.165) is 16.5 Å². The van der Waals surface area contributed by atoms with E-state index in [1.165, 1.54) is 12.1 Å². The maximum absolute atomic E-state index is 13.8. The molecule has 4 nitrogen and oxygen atoms in total. The first kappa shape index (κ1) is 21.1. The molecule has 0 radical (unpaired) electrons. The Kier molecular flexibility index (Phi) is 6.65. The highest BCUT2D eigenvalue weighted by Gasteiger charge is 2.16. The number of ketones is 1. The minimum Gasteiger partial charge on any atom is -0.491 e. The highest BCUT2D eigenvalue weighted by molar-refractivity contribution is 6.31. The number of benzene rings is 3. The van der Waals surface area contributed by atoms with Crippen molar-refractivity contribution in [3.05, 3.63) is 100 Å². The van der Waals surface area contributed by atoms with Crippen LogP contribution in [0.1, 0.15) is 21.5 Å². The van der Waals surface area contributed by atoms with Crippen LogP contribution in [0, 0.1) is 5.82 Å². The van der Waals surface area contributed by atoms with Crippen LogP contribution in [0.25, 0.3) is 10.9 Å². The van der Waals surface area contributed by atoms with Crippen molar-refractivity contribution in [2.45, 2.75) is 13.0 Å². The van der Waals surface area contributed by atoms with E-state index in [1.807, 2.05) is 36.4 Å². The number of hydrogen-bond donors (Lipinski definition) is 1. The third-order valence-electron chi connectivity index (χ3n) is 4.92. The third-order valence-corrected chi connectivity index (χ3v) is 5.16.